The summed E-state index contributed by atoms with van der Waals surface area (Å²) in [4.78, 5) is 42.2. The predicted octanol–water partition coefficient (Wildman–Crippen LogP) is 3.29. The second-order valence-corrected chi connectivity index (χ2v) is 7.66. The Morgan fingerprint density at radius 3 is 1.40 bits per heavy atom. The van der Waals surface area contributed by atoms with Crippen LogP contribution >= 0.6 is 63.7 Å². The highest BCUT2D eigenvalue weighted by molar-refractivity contribution is 9.15. The number of hydrogen-bond donors (Lipinski definition) is 5. The normalized spacial score (nSPS) is 9.70. The molecule has 0 aliphatic carbocycles. The highest BCUT2D eigenvalue weighted by Crippen LogP contribution is 2.42. The summed E-state index contributed by atoms with van der Waals surface area (Å²) in [5, 5.41) is 40.1. The number of rotatable bonds is 6. The van der Waals surface area contributed by atoms with Gasteiger partial charge in [0, 0.05) is 30.0 Å². The molecule has 0 atom stereocenters. The van der Waals surface area contributed by atoms with Crippen LogP contribution in [0.3, 0.4) is 0 Å². The molecular formula is C16H16Br4O10. The van der Waals surface area contributed by atoms with Gasteiger partial charge in [0.15, 0.2) is 0 Å². The summed E-state index contributed by atoms with van der Waals surface area (Å²) in [6, 6.07) is 0. The number of ether oxygens (including phenoxy) is 1. The van der Waals surface area contributed by atoms with Crippen LogP contribution in [0.1, 0.15) is 27.6 Å². The van der Waals surface area contributed by atoms with Gasteiger partial charge in [0.25, 0.3) is 0 Å². The largest absolute Gasteiger partial charge is 0.478 e. The molecule has 0 aliphatic heterocycles. The molecule has 0 aliphatic rings. The number of carbonyl (C=O) groups excluding carboxylic acids is 1. The number of aromatic carboxylic acids is 1. The molecule has 1 rings (SSSR count). The molecule has 0 unspecified atom stereocenters. The van der Waals surface area contributed by atoms with Crippen molar-refractivity contribution in [2.75, 3.05) is 19.8 Å². The van der Waals surface area contributed by atoms with Crippen molar-refractivity contribution in [3.8, 4) is 0 Å². The van der Waals surface area contributed by atoms with E-state index in [2.05, 4.69) is 63.7 Å². The highest BCUT2D eigenvalue weighted by Gasteiger charge is 2.28. The van der Waals surface area contributed by atoms with Crippen molar-refractivity contribution >= 4 is 87.6 Å². The van der Waals surface area contributed by atoms with Gasteiger partial charge >= 0.3 is 23.9 Å². The summed E-state index contributed by atoms with van der Waals surface area (Å²) in [6.07, 6.45) is 1.12. The first-order valence-electron chi connectivity index (χ1n) is 7.49. The Morgan fingerprint density at radius 2 is 1.13 bits per heavy atom. The van der Waals surface area contributed by atoms with E-state index in [9.17, 15) is 24.3 Å². The molecule has 1 aromatic rings. The molecule has 10 nitrogen and oxygen atoms in total. The molecule has 14 heteroatoms. The minimum Gasteiger partial charge on any atom is -0.478 e. The Balaban J connectivity index is 0. The van der Waals surface area contributed by atoms with Crippen molar-refractivity contribution in [2.24, 2.45) is 0 Å². The highest BCUT2D eigenvalue weighted by atomic mass is 79.9. The summed E-state index contributed by atoms with van der Waals surface area (Å²) in [6.45, 7) is 1.56. The number of hydrogen-bond acceptors (Lipinski definition) is 7. The average Bonchev–Trinajstić information content (AvgIpc) is 2.67. The number of carbonyl (C=O) groups is 4. The van der Waals surface area contributed by atoms with Gasteiger partial charge in [0.2, 0.25) is 0 Å². The van der Waals surface area contributed by atoms with Crippen LogP contribution < -0.4 is 0 Å². The first-order chi connectivity index (χ1) is 13.9. The summed E-state index contributed by atoms with van der Waals surface area (Å²) in [7, 11) is 0. The van der Waals surface area contributed by atoms with E-state index in [0.29, 0.717) is 25.6 Å². The molecule has 0 radical (unpaired) electrons. The van der Waals surface area contributed by atoms with Crippen LogP contribution in [0.5, 0.6) is 0 Å². The first-order valence-corrected chi connectivity index (χ1v) is 10.7. The van der Waals surface area contributed by atoms with Gasteiger partial charge < -0.3 is 30.3 Å². The van der Waals surface area contributed by atoms with Gasteiger partial charge in [-0.3, -0.25) is 0 Å². The van der Waals surface area contributed by atoms with E-state index in [4.69, 9.17) is 25.2 Å². The lowest BCUT2D eigenvalue weighted by atomic mass is 10.1. The number of benzene rings is 1. The zero-order valence-electron chi connectivity index (χ0n) is 15.1. The molecule has 0 amide bonds. The van der Waals surface area contributed by atoms with Crippen LogP contribution in [-0.2, 0) is 14.3 Å². The fourth-order valence-corrected chi connectivity index (χ4v) is 3.82. The Morgan fingerprint density at radius 1 is 0.767 bits per heavy atom. The van der Waals surface area contributed by atoms with Crippen LogP contribution in [0, 0.1) is 0 Å². The maximum atomic E-state index is 11.8. The van der Waals surface area contributed by atoms with Gasteiger partial charge in [-0.05, 0) is 70.6 Å². The molecule has 5 N–H and O–H groups in total. The third-order valence-electron chi connectivity index (χ3n) is 2.43. The van der Waals surface area contributed by atoms with E-state index in [0.717, 1.165) is 0 Å². The number of esters is 1. The molecule has 0 aromatic heterocycles. The van der Waals surface area contributed by atoms with Gasteiger partial charge in [-0.1, -0.05) is 0 Å². The molecule has 0 fully saturated rings. The Labute approximate surface area is 204 Å². The number of halogens is 4. The Kier molecular flexibility index (Phi) is 16.9. The lowest BCUT2D eigenvalue weighted by Crippen LogP contribution is -2.14. The lowest BCUT2D eigenvalue weighted by molar-refractivity contribution is -0.134. The summed E-state index contributed by atoms with van der Waals surface area (Å²) in [5.41, 5.74) is -0.193. The van der Waals surface area contributed by atoms with Crippen molar-refractivity contribution in [1.82, 2.24) is 0 Å². The molecule has 0 heterocycles. The van der Waals surface area contributed by atoms with Gasteiger partial charge in [-0.15, -0.1) is 0 Å². The molecule has 168 valence electrons. The zero-order valence-corrected chi connectivity index (χ0v) is 21.4. The quantitative estimate of drug-likeness (QED) is 0.129. The van der Waals surface area contributed by atoms with Crippen molar-refractivity contribution in [3.63, 3.8) is 0 Å². The number of aliphatic hydroxyl groups is 2. The lowest BCUT2D eigenvalue weighted by Gasteiger charge is -2.13. The summed E-state index contributed by atoms with van der Waals surface area (Å²) in [5.74, 6) is -4.44. The van der Waals surface area contributed by atoms with Gasteiger partial charge in [0.05, 0.1) is 30.9 Å². The Hall–Kier alpha value is -1.32. The topological polar surface area (TPSA) is 179 Å². The number of carboxylic acid groups (broad SMARTS) is 3. The first kappa shape index (κ1) is 30.9. The number of aliphatic hydroxyl groups excluding tert-OH is 2. The monoisotopic (exact) mass is 684 g/mol. The summed E-state index contributed by atoms with van der Waals surface area (Å²) >= 11 is 12.8. The third kappa shape index (κ3) is 11.2. The second-order valence-electron chi connectivity index (χ2n) is 4.49. The fraction of sp³-hybridized carbons (Fsp3) is 0.250. The van der Waals surface area contributed by atoms with Crippen molar-refractivity contribution in [2.45, 2.75) is 6.92 Å². The average molecular weight is 688 g/mol. The molecule has 1 aromatic carbocycles. The van der Waals surface area contributed by atoms with Crippen LogP contribution in [-0.4, -0.2) is 69.2 Å². The summed E-state index contributed by atoms with van der Waals surface area (Å²) < 4.78 is 6.49. The maximum Gasteiger partial charge on any atom is 0.340 e. The molecular weight excluding hydrogens is 672 g/mol. The minimum absolute atomic E-state index is 0.0358. The number of aliphatic carboxylic acids is 2. The second kappa shape index (κ2) is 16.4. The molecule has 0 saturated carbocycles. The zero-order chi connectivity index (χ0) is 24.0. The fourth-order valence-electron chi connectivity index (χ4n) is 1.37. The van der Waals surface area contributed by atoms with Crippen LogP contribution in [0.25, 0.3) is 0 Å². The van der Waals surface area contributed by atoms with E-state index in [-0.39, 0.29) is 35.4 Å². The predicted molar refractivity (Wildman–Crippen MR) is 119 cm³/mol. The van der Waals surface area contributed by atoms with E-state index >= 15 is 0 Å². The molecule has 0 bridgehead atoms. The van der Waals surface area contributed by atoms with Crippen molar-refractivity contribution < 1.29 is 49.4 Å². The molecule has 0 saturated heterocycles. The Bertz CT molecular complexity index is 790. The van der Waals surface area contributed by atoms with E-state index in [1.807, 2.05) is 0 Å². The van der Waals surface area contributed by atoms with E-state index in [1.165, 1.54) is 0 Å². The third-order valence-corrected chi connectivity index (χ3v) is 7.20. The van der Waals surface area contributed by atoms with Gasteiger partial charge in [-0.2, -0.15) is 0 Å². The SMILES string of the molecule is CCOC(=O)c1c(Br)c(Br)c(Br)c(Br)c1C(=O)O.O=C(O)C=CC(=O)O.OCCO. The van der Waals surface area contributed by atoms with E-state index < -0.39 is 23.9 Å². The van der Waals surface area contributed by atoms with Crippen LogP contribution in [0.2, 0.25) is 0 Å². The van der Waals surface area contributed by atoms with Gasteiger partial charge in [0.1, 0.15) is 0 Å². The molecule has 0 spiro atoms. The van der Waals surface area contributed by atoms with Crippen LogP contribution in [0.4, 0.5) is 0 Å². The van der Waals surface area contributed by atoms with Gasteiger partial charge in [-0.25, -0.2) is 19.2 Å². The van der Waals surface area contributed by atoms with Crippen molar-refractivity contribution in [3.05, 3.63) is 41.2 Å². The van der Waals surface area contributed by atoms with Crippen LogP contribution in [0.15, 0.2) is 30.0 Å². The smallest absolute Gasteiger partial charge is 0.340 e. The van der Waals surface area contributed by atoms with Crippen molar-refractivity contribution in [1.29, 1.82) is 0 Å². The standard InChI is InChI=1S/C10H6Br4O4.C4H4O4.C2H6O2/c1-2-18-10(17)4-3(9(15)16)5(11)7(13)8(14)6(4)12;5-3(6)1-2-4(7)8;3-1-2-4/h2H2,1H3,(H,15,16);1-2H,(H,5,6)(H,7,8);3-4H,1-2H2. The number of carboxylic acids is 3. The minimum atomic E-state index is -1.26. The maximum absolute atomic E-state index is 11.8. The van der Waals surface area contributed by atoms with E-state index in [1.54, 1.807) is 6.92 Å². The molecule has 30 heavy (non-hydrogen) atoms.